The molecule has 0 saturated carbocycles. The van der Waals surface area contributed by atoms with E-state index in [0.29, 0.717) is 29.4 Å². The third kappa shape index (κ3) is 5.44. The first kappa shape index (κ1) is 20.1. The Morgan fingerprint density at radius 1 is 1.03 bits per heavy atom. The molecule has 0 saturated heterocycles. The van der Waals surface area contributed by atoms with Gasteiger partial charge in [0.15, 0.2) is 0 Å². The smallest absolute Gasteiger partial charge is 0.255 e. The molecule has 0 aliphatic rings. The van der Waals surface area contributed by atoms with E-state index >= 15 is 0 Å². The largest absolute Gasteiger partial charge is 0.469 e. The Bertz CT molecular complexity index is 1010. The lowest BCUT2D eigenvalue weighted by atomic mass is 10.1. The van der Waals surface area contributed by atoms with Crippen LogP contribution in [0.3, 0.4) is 0 Å². The summed E-state index contributed by atoms with van der Waals surface area (Å²) in [5.41, 5.74) is 2.18. The fourth-order valence-corrected chi connectivity index (χ4v) is 2.71. The third-order valence-electron chi connectivity index (χ3n) is 4.28. The molecular formula is C22H21FN2O4. The number of rotatable bonds is 7. The lowest BCUT2D eigenvalue weighted by Crippen LogP contribution is -2.36. The van der Waals surface area contributed by atoms with Crippen molar-refractivity contribution in [2.75, 3.05) is 6.54 Å². The molecular weight excluding hydrogens is 375 g/mol. The number of halogens is 1. The van der Waals surface area contributed by atoms with Crippen LogP contribution in [-0.2, 0) is 11.3 Å². The maximum Gasteiger partial charge on any atom is 0.255 e. The second kappa shape index (κ2) is 9.05. The van der Waals surface area contributed by atoms with Gasteiger partial charge in [-0.2, -0.15) is 0 Å². The molecule has 150 valence electrons. The van der Waals surface area contributed by atoms with E-state index in [1.165, 1.54) is 18.4 Å². The van der Waals surface area contributed by atoms with E-state index in [1.807, 2.05) is 19.1 Å². The van der Waals surface area contributed by atoms with Crippen molar-refractivity contribution < 1.29 is 23.1 Å². The standard InChI is InChI=1S/C22H21FN2O4/c1-14-11-16(3-8-20(14)29-18-6-4-17(23)5-7-18)12-24-21(26)13-25-22(27)19-9-10-28-15(19)2/h3-11H,12-13H2,1-2H3,(H,24,26)(H,25,27). The summed E-state index contributed by atoms with van der Waals surface area (Å²) in [4.78, 5) is 24.0. The van der Waals surface area contributed by atoms with Gasteiger partial charge in [-0.25, -0.2) is 4.39 Å². The summed E-state index contributed by atoms with van der Waals surface area (Å²) in [6, 6.07) is 12.9. The van der Waals surface area contributed by atoms with Crippen LogP contribution in [0.4, 0.5) is 4.39 Å². The highest BCUT2D eigenvalue weighted by Gasteiger charge is 2.12. The number of furan rings is 1. The van der Waals surface area contributed by atoms with Gasteiger partial charge in [-0.15, -0.1) is 0 Å². The predicted molar refractivity (Wildman–Crippen MR) is 105 cm³/mol. The first-order valence-electron chi connectivity index (χ1n) is 9.04. The number of nitrogens with one attached hydrogen (secondary N) is 2. The summed E-state index contributed by atoms with van der Waals surface area (Å²) in [6.07, 6.45) is 1.43. The van der Waals surface area contributed by atoms with E-state index in [4.69, 9.17) is 9.15 Å². The summed E-state index contributed by atoms with van der Waals surface area (Å²) in [6.45, 7) is 3.75. The van der Waals surface area contributed by atoms with Crippen molar-refractivity contribution in [3.8, 4) is 11.5 Å². The third-order valence-corrected chi connectivity index (χ3v) is 4.28. The van der Waals surface area contributed by atoms with Gasteiger partial charge in [0.1, 0.15) is 23.1 Å². The minimum atomic E-state index is -0.357. The number of carbonyl (C=O) groups excluding carboxylic acids is 2. The van der Waals surface area contributed by atoms with Crippen LogP contribution in [0.1, 0.15) is 27.2 Å². The van der Waals surface area contributed by atoms with Crippen LogP contribution in [0.5, 0.6) is 11.5 Å². The minimum Gasteiger partial charge on any atom is -0.469 e. The highest BCUT2D eigenvalue weighted by Crippen LogP contribution is 2.25. The molecule has 0 fully saturated rings. The molecule has 1 aromatic heterocycles. The Labute approximate surface area is 167 Å². The normalized spacial score (nSPS) is 10.4. The molecule has 2 N–H and O–H groups in total. The van der Waals surface area contributed by atoms with Gasteiger partial charge in [0.2, 0.25) is 5.91 Å². The SMILES string of the molecule is Cc1cc(CNC(=O)CNC(=O)c2ccoc2C)ccc1Oc1ccc(F)cc1. The summed E-state index contributed by atoms with van der Waals surface area (Å²) >= 11 is 0. The first-order chi connectivity index (χ1) is 13.9. The van der Waals surface area contributed by atoms with Crippen molar-refractivity contribution in [1.82, 2.24) is 10.6 Å². The maximum atomic E-state index is 13.0. The zero-order valence-electron chi connectivity index (χ0n) is 16.1. The zero-order chi connectivity index (χ0) is 20.8. The van der Waals surface area contributed by atoms with Crippen LogP contribution in [0, 0.1) is 19.7 Å². The van der Waals surface area contributed by atoms with E-state index < -0.39 is 0 Å². The first-order valence-corrected chi connectivity index (χ1v) is 9.04. The molecule has 0 bridgehead atoms. The van der Waals surface area contributed by atoms with Gasteiger partial charge in [0.25, 0.3) is 5.91 Å². The van der Waals surface area contributed by atoms with Gasteiger partial charge >= 0.3 is 0 Å². The van der Waals surface area contributed by atoms with Gasteiger partial charge in [-0.1, -0.05) is 12.1 Å². The van der Waals surface area contributed by atoms with Crippen molar-refractivity contribution in [3.05, 3.63) is 83.1 Å². The second-order valence-electron chi connectivity index (χ2n) is 6.51. The molecule has 6 nitrogen and oxygen atoms in total. The molecule has 0 aliphatic carbocycles. The van der Waals surface area contributed by atoms with Crippen molar-refractivity contribution >= 4 is 11.8 Å². The quantitative estimate of drug-likeness (QED) is 0.635. The predicted octanol–water partition coefficient (Wildman–Crippen LogP) is 3.87. The van der Waals surface area contributed by atoms with E-state index in [2.05, 4.69) is 10.6 Å². The Hall–Kier alpha value is -3.61. The molecule has 29 heavy (non-hydrogen) atoms. The molecule has 3 aromatic rings. The average molecular weight is 396 g/mol. The number of hydrogen-bond acceptors (Lipinski definition) is 4. The molecule has 3 rings (SSSR count). The van der Waals surface area contributed by atoms with Crippen molar-refractivity contribution in [3.63, 3.8) is 0 Å². The monoisotopic (exact) mass is 396 g/mol. The zero-order valence-corrected chi connectivity index (χ0v) is 16.1. The van der Waals surface area contributed by atoms with E-state index in [-0.39, 0.29) is 24.2 Å². The second-order valence-corrected chi connectivity index (χ2v) is 6.51. The molecule has 0 spiro atoms. The fraction of sp³-hybridized carbons (Fsp3) is 0.182. The molecule has 0 unspecified atom stereocenters. The van der Waals surface area contributed by atoms with Crippen LogP contribution in [0.2, 0.25) is 0 Å². The minimum absolute atomic E-state index is 0.131. The van der Waals surface area contributed by atoms with Crippen LogP contribution in [-0.4, -0.2) is 18.4 Å². The van der Waals surface area contributed by atoms with Gasteiger partial charge < -0.3 is 19.8 Å². The number of carbonyl (C=O) groups is 2. The van der Waals surface area contributed by atoms with Crippen LogP contribution in [0.15, 0.2) is 59.2 Å². The Morgan fingerprint density at radius 2 is 1.79 bits per heavy atom. The number of aryl methyl sites for hydroxylation is 2. The van der Waals surface area contributed by atoms with Gasteiger partial charge in [0, 0.05) is 6.54 Å². The highest BCUT2D eigenvalue weighted by atomic mass is 19.1. The van der Waals surface area contributed by atoms with E-state index in [1.54, 1.807) is 31.2 Å². The Kier molecular flexibility index (Phi) is 6.29. The number of hydrogen-bond donors (Lipinski definition) is 2. The lowest BCUT2D eigenvalue weighted by molar-refractivity contribution is -0.120. The summed E-state index contributed by atoms with van der Waals surface area (Å²) in [7, 11) is 0. The van der Waals surface area contributed by atoms with Crippen molar-refractivity contribution in [2.45, 2.75) is 20.4 Å². The fourth-order valence-electron chi connectivity index (χ4n) is 2.71. The number of amides is 2. The number of benzene rings is 2. The average Bonchev–Trinajstić information content (AvgIpc) is 3.14. The van der Waals surface area contributed by atoms with E-state index in [9.17, 15) is 14.0 Å². The molecule has 2 aromatic carbocycles. The molecule has 0 aliphatic heterocycles. The van der Waals surface area contributed by atoms with Crippen LogP contribution < -0.4 is 15.4 Å². The molecule has 0 radical (unpaired) electrons. The molecule has 1 heterocycles. The van der Waals surface area contributed by atoms with Gasteiger partial charge in [-0.3, -0.25) is 9.59 Å². The molecule has 2 amide bonds. The summed E-state index contributed by atoms with van der Waals surface area (Å²) in [5, 5.41) is 5.31. The summed E-state index contributed by atoms with van der Waals surface area (Å²) in [5.74, 6) is 0.708. The number of ether oxygens (including phenoxy) is 1. The van der Waals surface area contributed by atoms with Gasteiger partial charge in [-0.05, 0) is 61.4 Å². The van der Waals surface area contributed by atoms with Gasteiger partial charge in [0.05, 0.1) is 18.4 Å². The topological polar surface area (TPSA) is 80.6 Å². The van der Waals surface area contributed by atoms with Crippen molar-refractivity contribution in [1.29, 1.82) is 0 Å². The lowest BCUT2D eigenvalue weighted by Gasteiger charge is -2.11. The maximum absolute atomic E-state index is 13.0. The Balaban J connectivity index is 1.49. The molecule has 7 heteroatoms. The van der Waals surface area contributed by atoms with Crippen LogP contribution in [0.25, 0.3) is 0 Å². The van der Waals surface area contributed by atoms with Crippen molar-refractivity contribution in [2.24, 2.45) is 0 Å². The molecule has 0 atom stereocenters. The Morgan fingerprint density at radius 3 is 2.45 bits per heavy atom. The van der Waals surface area contributed by atoms with E-state index in [0.717, 1.165) is 11.1 Å². The highest BCUT2D eigenvalue weighted by molar-refractivity contribution is 5.97. The summed E-state index contributed by atoms with van der Waals surface area (Å²) < 4.78 is 23.8. The van der Waals surface area contributed by atoms with Crippen LogP contribution >= 0.6 is 0 Å².